The van der Waals surface area contributed by atoms with Gasteiger partial charge in [-0.3, -0.25) is 9.47 Å². The van der Waals surface area contributed by atoms with Crippen LogP contribution < -0.4 is 5.69 Å². The number of hydrogen-bond donors (Lipinski definition) is 1. The molecule has 138 valence electrons. The molecular weight excluding hydrogens is 328 g/mol. The number of likely N-dealkylation sites (tertiary alicyclic amines) is 1. The SMILES string of the molecule is CCn1c([C@H]2CCCN(Cc3nc4ccccc4n3CC)C2)n[nH]c1=O. The molecule has 0 saturated carbocycles. The first-order chi connectivity index (χ1) is 12.7. The fourth-order valence-electron chi connectivity index (χ4n) is 4.16. The van der Waals surface area contributed by atoms with Gasteiger partial charge in [0.15, 0.2) is 0 Å². The van der Waals surface area contributed by atoms with Gasteiger partial charge in [0.05, 0.1) is 17.6 Å². The third-order valence-corrected chi connectivity index (χ3v) is 5.39. The maximum absolute atomic E-state index is 11.9. The van der Waals surface area contributed by atoms with Crippen LogP contribution in [0.2, 0.25) is 0 Å². The van der Waals surface area contributed by atoms with E-state index in [1.54, 1.807) is 4.57 Å². The van der Waals surface area contributed by atoms with Crippen LogP contribution in [0.25, 0.3) is 11.0 Å². The van der Waals surface area contributed by atoms with E-state index in [0.29, 0.717) is 12.5 Å². The number of para-hydroxylation sites is 2. The summed E-state index contributed by atoms with van der Waals surface area (Å²) in [5.74, 6) is 2.30. The molecule has 0 amide bonds. The van der Waals surface area contributed by atoms with Crippen molar-refractivity contribution in [2.75, 3.05) is 13.1 Å². The quantitative estimate of drug-likeness (QED) is 0.763. The molecule has 0 bridgehead atoms. The van der Waals surface area contributed by atoms with Crippen LogP contribution in [0.3, 0.4) is 0 Å². The normalized spacial score (nSPS) is 18.6. The molecule has 7 heteroatoms. The van der Waals surface area contributed by atoms with Gasteiger partial charge in [-0.15, -0.1) is 0 Å². The summed E-state index contributed by atoms with van der Waals surface area (Å²) in [6.45, 7) is 8.54. The summed E-state index contributed by atoms with van der Waals surface area (Å²) >= 11 is 0. The first-order valence-corrected chi connectivity index (χ1v) is 9.52. The van der Waals surface area contributed by atoms with Crippen LogP contribution in [0, 0.1) is 0 Å². The van der Waals surface area contributed by atoms with Gasteiger partial charge in [0.1, 0.15) is 11.6 Å². The monoisotopic (exact) mass is 354 g/mol. The molecule has 26 heavy (non-hydrogen) atoms. The average Bonchev–Trinajstić information content (AvgIpc) is 3.21. The van der Waals surface area contributed by atoms with E-state index in [4.69, 9.17) is 4.98 Å². The van der Waals surface area contributed by atoms with Crippen LogP contribution in [0.5, 0.6) is 0 Å². The second kappa shape index (κ2) is 7.07. The molecule has 3 heterocycles. The maximum Gasteiger partial charge on any atom is 0.343 e. The van der Waals surface area contributed by atoms with Gasteiger partial charge < -0.3 is 4.57 Å². The van der Waals surface area contributed by atoms with Gasteiger partial charge in [0.2, 0.25) is 0 Å². The number of aromatic nitrogens is 5. The number of aryl methyl sites for hydroxylation is 1. The van der Waals surface area contributed by atoms with E-state index in [-0.39, 0.29) is 5.69 Å². The van der Waals surface area contributed by atoms with Gasteiger partial charge in [-0.05, 0) is 45.4 Å². The Balaban J connectivity index is 1.56. The van der Waals surface area contributed by atoms with Crippen LogP contribution in [0.15, 0.2) is 29.1 Å². The van der Waals surface area contributed by atoms with Gasteiger partial charge in [-0.2, -0.15) is 5.10 Å². The van der Waals surface area contributed by atoms with E-state index in [1.807, 2.05) is 13.0 Å². The van der Waals surface area contributed by atoms with Crippen LogP contribution in [0.4, 0.5) is 0 Å². The van der Waals surface area contributed by atoms with E-state index in [0.717, 1.165) is 56.2 Å². The van der Waals surface area contributed by atoms with Crippen LogP contribution in [-0.2, 0) is 19.6 Å². The number of H-pyrrole nitrogens is 1. The number of nitrogens with one attached hydrogen (secondary N) is 1. The van der Waals surface area contributed by atoms with Crippen molar-refractivity contribution in [2.45, 2.75) is 52.2 Å². The van der Waals surface area contributed by atoms with Crippen molar-refractivity contribution in [2.24, 2.45) is 0 Å². The summed E-state index contributed by atoms with van der Waals surface area (Å²) in [4.78, 5) is 19.2. The summed E-state index contributed by atoms with van der Waals surface area (Å²) in [7, 11) is 0. The topological polar surface area (TPSA) is 71.7 Å². The second-order valence-corrected chi connectivity index (χ2v) is 6.97. The summed E-state index contributed by atoms with van der Waals surface area (Å²) in [6, 6.07) is 8.32. The lowest BCUT2D eigenvalue weighted by Crippen LogP contribution is -2.36. The number of rotatable bonds is 5. The first kappa shape index (κ1) is 17.0. The summed E-state index contributed by atoms with van der Waals surface area (Å²) in [5, 5.41) is 6.91. The summed E-state index contributed by atoms with van der Waals surface area (Å²) < 4.78 is 4.06. The predicted molar refractivity (Wildman–Crippen MR) is 101 cm³/mol. The molecule has 3 aromatic rings. The van der Waals surface area contributed by atoms with E-state index < -0.39 is 0 Å². The van der Waals surface area contributed by atoms with E-state index >= 15 is 0 Å². The van der Waals surface area contributed by atoms with Gasteiger partial charge in [0, 0.05) is 25.6 Å². The number of aromatic amines is 1. The first-order valence-electron chi connectivity index (χ1n) is 9.52. The highest BCUT2D eigenvalue weighted by atomic mass is 16.1. The van der Waals surface area contributed by atoms with E-state index in [9.17, 15) is 4.79 Å². The van der Waals surface area contributed by atoms with Gasteiger partial charge >= 0.3 is 5.69 Å². The highest BCUT2D eigenvalue weighted by Gasteiger charge is 2.26. The molecule has 1 aliphatic rings. The van der Waals surface area contributed by atoms with Crippen molar-refractivity contribution in [3.8, 4) is 0 Å². The second-order valence-electron chi connectivity index (χ2n) is 6.97. The number of hydrogen-bond acceptors (Lipinski definition) is 4. The molecule has 0 unspecified atom stereocenters. The van der Waals surface area contributed by atoms with Gasteiger partial charge in [-0.1, -0.05) is 12.1 Å². The van der Waals surface area contributed by atoms with Crippen molar-refractivity contribution >= 4 is 11.0 Å². The van der Waals surface area contributed by atoms with Gasteiger partial charge in [-0.25, -0.2) is 14.9 Å². The van der Waals surface area contributed by atoms with Crippen LogP contribution in [0.1, 0.15) is 44.3 Å². The van der Waals surface area contributed by atoms with Crippen LogP contribution >= 0.6 is 0 Å². The number of fused-ring (bicyclic) bond motifs is 1. The molecule has 1 aliphatic heterocycles. The molecule has 4 rings (SSSR count). The van der Waals surface area contributed by atoms with Crippen LogP contribution in [-0.4, -0.2) is 42.3 Å². The lowest BCUT2D eigenvalue weighted by molar-refractivity contribution is 0.188. The molecule has 1 fully saturated rings. The Labute approximate surface area is 152 Å². The highest BCUT2D eigenvalue weighted by molar-refractivity contribution is 5.75. The lowest BCUT2D eigenvalue weighted by atomic mass is 9.97. The Morgan fingerprint density at radius 3 is 2.81 bits per heavy atom. The minimum absolute atomic E-state index is 0.104. The molecule has 0 aliphatic carbocycles. The molecule has 7 nitrogen and oxygen atoms in total. The average molecular weight is 354 g/mol. The Kier molecular flexibility index (Phi) is 4.63. The minimum atomic E-state index is -0.104. The zero-order chi connectivity index (χ0) is 18.1. The molecule has 1 saturated heterocycles. The summed E-state index contributed by atoms with van der Waals surface area (Å²) in [6.07, 6.45) is 2.19. The molecule has 2 aromatic heterocycles. The molecule has 1 aromatic carbocycles. The van der Waals surface area contributed by atoms with Crippen molar-refractivity contribution < 1.29 is 0 Å². The highest BCUT2D eigenvalue weighted by Crippen LogP contribution is 2.26. The predicted octanol–water partition coefficient (Wildman–Crippen LogP) is 2.34. The third-order valence-electron chi connectivity index (χ3n) is 5.39. The standard InChI is InChI=1S/C19H26N6O/c1-3-24-16-10-6-5-9-15(16)20-17(24)13-23-11-7-8-14(12-23)18-21-22-19(26)25(18)4-2/h5-6,9-10,14H,3-4,7-8,11-13H2,1-2H3,(H,22,26)/t14-/m0/s1. The summed E-state index contributed by atoms with van der Waals surface area (Å²) in [5.41, 5.74) is 2.16. The van der Waals surface area contributed by atoms with Crippen molar-refractivity contribution in [3.63, 3.8) is 0 Å². The Morgan fingerprint density at radius 2 is 2.00 bits per heavy atom. The zero-order valence-electron chi connectivity index (χ0n) is 15.5. The molecular formula is C19H26N6O. The fourth-order valence-corrected chi connectivity index (χ4v) is 4.16. The smallest absolute Gasteiger partial charge is 0.327 e. The number of benzene rings is 1. The number of nitrogens with zero attached hydrogens (tertiary/aromatic N) is 5. The van der Waals surface area contributed by atoms with E-state index in [1.165, 1.54) is 5.52 Å². The van der Waals surface area contributed by atoms with Crippen molar-refractivity contribution in [1.82, 2.24) is 29.2 Å². The third kappa shape index (κ3) is 2.96. The van der Waals surface area contributed by atoms with E-state index in [2.05, 4.69) is 44.8 Å². The molecule has 1 N–H and O–H groups in total. The number of piperidine rings is 1. The Bertz CT molecular complexity index is 952. The fraction of sp³-hybridized carbons (Fsp3) is 0.526. The largest absolute Gasteiger partial charge is 0.343 e. The molecule has 0 spiro atoms. The Hall–Kier alpha value is -2.41. The Morgan fingerprint density at radius 1 is 1.19 bits per heavy atom. The van der Waals surface area contributed by atoms with Crippen molar-refractivity contribution in [3.05, 3.63) is 46.4 Å². The number of imidazole rings is 1. The molecule has 1 atom stereocenters. The minimum Gasteiger partial charge on any atom is -0.327 e. The maximum atomic E-state index is 11.9. The lowest BCUT2D eigenvalue weighted by Gasteiger charge is -2.32. The van der Waals surface area contributed by atoms with Crippen molar-refractivity contribution in [1.29, 1.82) is 0 Å². The zero-order valence-corrected chi connectivity index (χ0v) is 15.5. The molecule has 0 radical (unpaired) electrons. The van der Waals surface area contributed by atoms with Gasteiger partial charge in [0.25, 0.3) is 0 Å².